The van der Waals surface area contributed by atoms with E-state index in [-0.39, 0.29) is 11.9 Å². The zero-order valence-electron chi connectivity index (χ0n) is 16.8. The molecule has 1 amide bonds. The largest absolute Gasteiger partial charge is 0.497 e. The van der Waals surface area contributed by atoms with Crippen molar-refractivity contribution in [3.8, 4) is 16.3 Å². The molecule has 5 rings (SSSR count). The highest BCUT2D eigenvalue weighted by Gasteiger charge is 2.34. The van der Waals surface area contributed by atoms with Crippen molar-refractivity contribution in [1.82, 2.24) is 14.9 Å². The number of aryl methyl sites for hydroxylation is 1. The maximum atomic E-state index is 13.5. The maximum absolute atomic E-state index is 13.5. The second-order valence-electron chi connectivity index (χ2n) is 7.34. The van der Waals surface area contributed by atoms with E-state index in [1.54, 1.807) is 18.4 Å². The minimum absolute atomic E-state index is 0.0424. The molecular weight excluding hydrogens is 414 g/mol. The van der Waals surface area contributed by atoms with Crippen molar-refractivity contribution in [2.45, 2.75) is 25.8 Å². The molecule has 1 atom stereocenters. The molecule has 1 aliphatic heterocycles. The summed E-state index contributed by atoms with van der Waals surface area (Å²) in [7, 11) is 1.65. The van der Waals surface area contributed by atoms with E-state index in [9.17, 15) is 4.79 Å². The smallest absolute Gasteiger partial charge is 0.266 e. The third-order valence-electron chi connectivity index (χ3n) is 5.44. The average molecular weight is 436 g/mol. The number of carbonyl (C=O) groups excluding carboxylic acids is 1. The third kappa shape index (κ3) is 3.38. The molecule has 0 N–H and O–H groups in total. The number of aromatic nitrogens is 2. The number of likely N-dealkylation sites (tertiary alicyclic amines) is 1. The first-order valence-corrected chi connectivity index (χ1v) is 11.6. The molecule has 0 aliphatic carbocycles. The molecule has 1 fully saturated rings. The number of carbonyl (C=O) groups is 1. The molecule has 1 aliphatic rings. The van der Waals surface area contributed by atoms with Gasteiger partial charge in [-0.3, -0.25) is 4.79 Å². The van der Waals surface area contributed by atoms with Gasteiger partial charge in [-0.2, -0.15) is 0 Å². The second kappa shape index (κ2) is 7.81. The number of amides is 1. The van der Waals surface area contributed by atoms with E-state index < -0.39 is 0 Å². The third-order valence-corrected chi connectivity index (χ3v) is 7.77. The van der Waals surface area contributed by atoms with Crippen molar-refractivity contribution >= 4 is 38.8 Å². The molecule has 0 saturated carbocycles. The molecule has 0 bridgehead atoms. The highest BCUT2D eigenvalue weighted by atomic mass is 32.1. The Hall–Kier alpha value is -2.77. The molecule has 152 valence electrons. The summed E-state index contributed by atoms with van der Waals surface area (Å²) in [4.78, 5) is 25.7. The lowest BCUT2D eigenvalue weighted by Gasteiger charge is -2.22. The summed E-state index contributed by atoms with van der Waals surface area (Å²) in [5, 5.41) is 1.88. The number of para-hydroxylation sites is 1. The number of benzene rings is 2. The van der Waals surface area contributed by atoms with Crippen LogP contribution in [0.2, 0.25) is 0 Å². The molecule has 30 heavy (non-hydrogen) atoms. The van der Waals surface area contributed by atoms with Crippen LogP contribution >= 0.6 is 22.7 Å². The van der Waals surface area contributed by atoms with Crippen LogP contribution in [-0.2, 0) is 0 Å². The van der Waals surface area contributed by atoms with Crippen molar-refractivity contribution in [3.63, 3.8) is 0 Å². The Morgan fingerprint density at radius 2 is 1.90 bits per heavy atom. The highest BCUT2D eigenvalue weighted by molar-refractivity contribution is 7.18. The van der Waals surface area contributed by atoms with Crippen LogP contribution in [-0.4, -0.2) is 34.4 Å². The molecule has 5 nitrogen and oxygen atoms in total. The fourth-order valence-electron chi connectivity index (χ4n) is 3.88. The first-order chi connectivity index (χ1) is 14.6. The van der Waals surface area contributed by atoms with Gasteiger partial charge < -0.3 is 9.64 Å². The quantitative estimate of drug-likeness (QED) is 0.412. The van der Waals surface area contributed by atoms with Crippen molar-refractivity contribution in [1.29, 1.82) is 0 Å². The SMILES string of the molecule is COc1ccc(-c2nc(C)c(C(=O)N3CCCC3c3nc4ccccc4s3)s2)cc1. The number of fused-ring (bicyclic) bond motifs is 1. The van der Waals surface area contributed by atoms with Crippen LogP contribution in [0.15, 0.2) is 48.5 Å². The molecule has 4 aromatic rings. The summed E-state index contributed by atoms with van der Waals surface area (Å²) in [6.07, 6.45) is 1.95. The van der Waals surface area contributed by atoms with Gasteiger partial charge in [-0.25, -0.2) is 9.97 Å². The van der Waals surface area contributed by atoms with Crippen molar-refractivity contribution in [2.24, 2.45) is 0 Å². The van der Waals surface area contributed by atoms with Crippen molar-refractivity contribution < 1.29 is 9.53 Å². The second-order valence-corrected chi connectivity index (χ2v) is 9.40. The molecule has 3 heterocycles. The van der Waals surface area contributed by atoms with Crippen LogP contribution in [0, 0.1) is 6.92 Å². The fourth-order valence-corrected chi connectivity index (χ4v) is 6.02. The standard InChI is InChI=1S/C23H21N3O2S2/c1-14-20(30-21(24-14)15-9-11-16(28-2)12-10-15)23(27)26-13-5-7-18(26)22-25-17-6-3-4-8-19(17)29-22/h3-4,6,8-12,18H,5,7,13H2,1-2H3. The maximum Gasteiger partial charge on any atom is 0.266 e. The molecule has 1 unspecified atom stereocenters. The van der Waals surface area contributed by atoms with E-state index in [4.69, 9.17) is 9.72 Å². The van der Waals surface area contributed by atoms with Gasteiger partial charge in [0.05, 0.1) is 29.1 Å². The lowest BCUT2D eigenvalue weighted by molar-refractivity contribution is 0.0739. The van der Waals surface area contributed by atoms with Gasteiger partial charge >= 0.3 is 0 Å². The monoisotopic (exact) mass is 435 g/mol. The Labute approximate surface area is 183 Å². The summed E-state index contributed by atoms with van der Waals surface area (Å²) >= 11 is 3.15. The van der Waals surface area contributed by atoms with Crippen molar-refractivity contribution in [3.05, 3.63) is 64.1 Å². The molecule has 2 aromatic carbocycles. The van der Waals surface area contributed by atoms with Gasteiger partial charge in [0.1, 0.15) is 20.6 Å². The number of ether oxygens (including phenoxy) is 1. The molecule has 0 radical (unpaired) electrons. The number of nitrogens with zero attached hydrogens (tertiary/aromatic N) is 3. The van der Waals surface area contributed by atoms with E-state index in [2.05, 4.69) is 11.1 Å². The molecular formula is C23H21N3O2S2. The van der Waals surface area contributed by atoms with Gasteiger partial charge in [0, 0.05) is 12.1 Å². The first kappa shape index (κ1) is 19.2. The van der Waals surface area contributed by atoms with Crippen LogP contribution in [0.3, 0.4) is 0 Å². The summed E-state index contributed by atoms with van der Waals surface area (Å²) in [6, 6.07) is 16.0. The Morgan fingerprint density at radius 3 is 2.67 bits per heavy atom. The normalized spacial score (nSPS) is 16.3. The van der Waals surface area contributed by atoms with Crippen LogP contribution in [0.25, 0.3) is 20.8 Å². The zero-order chi connectivity index (χ0) is 20.7. The number of thiazole rings is 2. The summed E-state index contributed by atoms with van der Waals surface area (Å²) in [5.41, 5.74) is 2.78. The summed E-state index contributed by atoms with van der Waals surface area (Å²) in [5.74, 6) is 0.866. The van der Waals surface area contributed by atoms with Gasteiger partial charge in [-0.15, -0.1) is 22.7 Å². The fraction of sp³-hybridized carbons (Fsp3) is 0.261. The van der Waals surface area contributed by atoms with Crippen LogP contribution in [0.5, 0.6) is 5.75 Å². The average Bonchev–Trinajstić information content (AvgIpc) is 3.50. The molecule has 0 spiro atoms. The first-order valence-electron chi connectivity index (χ1n) is 9.92. The Morgan fingerprint density at radius 1 is 1.10 bits per heavy atom. The summed E-state index contributed by atoms with van der Waals surface area (Å²) in [6.45, 7) is 2.67. The van der Waals surface area contributed by atoms with E-state index >= 15 is 0 Å². The van der Waals surface area contributed by atoms with Gasteiger partial charge in [-0.05, 0) is 56.2 Å². The lowest BCUT2D eigenvalue weighted by Crippen LogP contribution is -2.30. The Bertz CT molecular complexity index is 1180. The Balaban J connectivity index is 1.44. The van der Waals surface area contributed by atoms with E-state index in [1.165, 1.54) is 16.0 Å². The van der Waals surface area contributed by atoms with Crippen LogP contribution < -0.4 is 4.74 Å². The predicted octanol–water partition coefficient (Wildman–Crippen LogP) is 5.71. The predicted molar refractivity (Wildman–Crippen MR) is 121 cm³/mol. The van der Waals surface area contributed by atoms with E-state index in [1.807, 2.05) is 54.3 Å². The zero-order valence-corrected chi connectivity index (χ0v) is 18.4. The van der Waals surface area contributed by atoms with E-state index in [0.29, 0.717) is 4.88 Å². The minimum Gasteiger partial charge on any atom is -0.497 e. The van der Waals surface area contributed by atoms with Crippen LogP contribution in [0.4, 0.5) is 0 Å². The number of hydrogen-bond donors (Lipinski definition) is 0. The van der Waals surface area contributed by atoms with Crippen LogP contribution in [0.1, 0.15) is 39.3 Å². The molecule has 1 saturated heterocycles. The molecule has 7 heteroatoms. The van der Waals surface area contributed by atoms with Gasteiger partial charge in [-0.1, -0.05) is 12.1 Å². The topological polar surface area (TPSA) is 55.3 Å². The van der Waals surface area contributed by atoms with E-state index in [0.717, 1.165) is 51.9 Å². The number of rotatable bonds is 4. The van der Waals surface area contributed by atoms with Gasteiger partial charge in [0.25, 0.3) is 5.91 Å². The number of methoxy groups -OCH3 is 1. The molecule has 2 aromatic heterocycles. The number of hydrogen-bond acceptors (Lipinski definition) is 6. The highest BCUT2D eigenvalue weighted by Crippen LogP contribution is 2.39. The lowest BCUT2D eigenvalue weighted by atomic mass is 10.2. The van der Waals surface area contributed by atoms with Gasteiger partial charge in [0.2, 0.25) is 0 Å². The summed E-state index contributed by atoms with van der Waals surface area (Å²) < 4.78 is 6.40. The van der Waals surface area contributed by atoms with Gasteiger partial charge in [0.15, 0.2) is 0 Å². The van der Waals surface area contributed by atoms with Crippen molar-refractivity contribution in [2.75, 3.05) is 13.7 Å². The Kier molecular flexibility index (Phi) is 5.00. The minimum atomic E-state index is 0.0424.